The van der Waals surface area contributed by atoms with Crippen LogP contribution in [0.2, 0.25) is 0 Å². The summed E-state index contributed by atoms with van der Waals surface area (Å²) in [5, 5.41) is 2.72. The molecule has 10 nitrogen and oxygen atoms in total. The van der Waals surface area contributed by atoms with Crippen molar-refractivity contribution in [2.24, 2.45) is 0 Å². The molecule has 4 rings (SSSR count). The fourth-order valence-electron chi connectivity index (χ4n) is 4.14. The highest BCUT2D eigenvalue weighted by molar-refractivity contribution is 7.92. The van der Waals surface area contributed by atoms with Crippen molar-refractivity contribution in [2.45, 2.75) is 18.4 Å². The number of carbonyl (C=O) groups is 1. The Morgan fingerprint density at radius 3 is 2.10 bits per heavy atom. The van der Waals surface area contributed by atoms with Crippen LogP contribution in [0.5, 0.6) is 11.5 Å². The summed E-state index contributed by atoms with van der Waals surface area (Å²) >= 11 is 0. The van der Waals surface area contributed by atoms with Gasteiger partial charge in [0.05, 0.1) is 43.3 Å². The average molecular weight is 610 g/mol. The molecule has 4 aromatic rings. The van der Waals surface area contributed by atoms with Crippen LogP contribution in [-0.2, 0) is 26.6 Å². The molecular weight excluding hydrogens is 578 g/mol. The molecule has 0 atom stereocenters. The van der Waals surface area contributed by atoms with Gasteiger partial charge in [0.15, 0.2) is 0 Å². The summed E-state index contributed by atoms with van der Waals surface area (Å²) in [6, 6.07) is 24.2. The van der Waals surface area contributed by atoms with E-state index in [1.54, 1.807) is 24.3 Å². The predicted octanol–water partition coefficient (Wildman–Crippen LogP) is 5.03. The van der Waals surface area contributed by atoms with Crippen LogP contribution in [0.3, 0.4) is 0 Å². The van der Waals surface area contributed by atoms with Crippen molar-refractivity contribution in [1.29, 1.82) is 0 Å². The summed E-state index contributed by atoms with van der Waals surface area (Å²) < 4.78 is 65.2. The third-order valence-electron chi connectivity index (χ3n) is 6.47. The van der Waals surface area contributed by atoms with Crippen LogP contribution in [0.15, 0.2) is 95.9 Å². The van der Waals surface area contributed by atoms with Crippen molar-refractivity contribution < 1.29 is 31.1 Å². The third-order valence-corrected chi connectivity index (χ3v) is 8.99. The lowest BCUT2D eigenvalue weighted by Crippen LogP contribution is -2.29. The fourth-order valence-corrected chi connectivity index (χ4v) is 6.08. The SMILES string of the molecule is COc1ccc(OC)c(NS(=O)(=O)c2ccc(NC(=O)c3ccc(N(Cc4ccccc4C)S(C)(=O)=O)cc3)cc2)c1. The number of benzene rings is 4. The van der Waals surface area contributed by atoms with E-state index in [9.17, 15) is 21.6 Å². The van der Waals surface area contributed by atoms with Crippen molar-refractivity contribution in [2.75, 3.05) is 34.8 Å². The Bertz CT molecular complexity index is 1790. The molecule has 0 unspecified atom stereocenters. The molecule has 1 amide bonds. The summed E-state index contributed by atoms with van der Waals surface area (Å²) in [5.41, 5.74) is 3.15. The van der Waals surface area contributed by atoms with Crippen molar-refractivity contribution in [3.05, 3.63) is 108 Å². The van der Waals surface area contributed by atoms with Gasteiger partial charge in [-0.05, 0) is 78.7 Å². The minimum absolute atomic E-state index is 0.0238. The molecule has 0 saturated heterocycles. The first-order valence-corrected chi connectivity index (χ1v) is 16.0. The summed E-state index contributed by atoms with van der Waals surface area (Å²) in [6.45, 7) is 2.07. The van der Waals surface area contributed by atoms with Gasteiger partial charge in [0.25, 0.3) is 15.9 Å². The lowest BCUT2D eigenvalue weighted by Gasteiger charge is -2.23. The lowest BCUT2D eigenvalue weighted by molar-refractivity contribution is 0.102. The molecule has 42 heavy (non-hydrogen) atoms. The zero-order chi connectivity index (χ0) is 30.5. The second-order valence-electron chi connectivity index (χ2n) is 9.39. The predicted molar refractivity (Wildman–Crippen MR) is 163 cm³/mol. The highest BCUT2D eigenvalue weighted by Gasteiger charge is 2.20. The number of carbonyl (C=O) groups excluding carboxylic acids is 1. The minimum Gasteiger partial charge on any atom is -0.497 e. The van der Waals surface area contributed by atoms with Gasteiger partial charge in [-0.1, -0.05) is 24.3 Å². The number of methoxy groups -OCH3 is 2. The van der Waals surface area contributed by atoms with Crippen molar-refractivity contribution in [3.8, 4) is 11.5 Å². The van der Waals surface area contributed by atoms with Crippen LogP contribution in [0.25, 0.3) is 0 Å². The maximum Gasteiger partial charge on any atom is 0.262 e. The number of anilines is 3. The van der Waals surface area contributed by atoms with E-state index in [2.05, 4.69) is 10.0 Å². The fraction of sp³-hybridized carbons (Fsp3) is 0.167. The van der Waals surface area contributed by atoms with Crippen LogP contribution < -0.4 is 23.8 Å². The standard InChI is InChI=1S/C30H31N3O7S2/c1-21-7-5-6-8-23(21)20-33(41(4,35)36)25-13-9-22(10-14-25)30(34)31-24-11-16-27(17-12-24)42(37,38)32-28-19-26(39-2)15-18-29(28)40-3/h5-19,32H,20H2,1-4H3,(H,31,34). The Morgan fingerprint density at radius 1 is 0.833 bits per heavy atom. The van der Waals surface area contributed by atoms with Crippen LogP contribution in [0, 0.1) is 6.92 Å². The molecule has 0 heterocycles. The zero-order valence-corrected chi connectivity index (χ0v) is 25.1. The van der Waals surface area contributed by atoms with Gasteiger partial charge in [0, 0.05) is 17.3 Å². The molecule has 0 aliphatic heterocycles. The highest BCUT2D eigenvalue weighted by atomic mass is 32.2. The second-order valence-corrected chi connectivity index (χ2v) is 13.0. The van der Waals surface area contributed by atoms with Crippen molar-refractivity contribution >= 4 is 43.0 Å². The van der Waals surface area contributed by atoms with Gasteiger partial charge in [0.1, 0.15) is 11.5 Å². The van der Waals surface area contributed by atoms with E-state index in [0.717, 1.165) is 17.4 Å². The van der Waals surface area contributed by atoms with Crippen LogP contribution >= 0.6 is 0 Å². The molecule has 0 spiro atoms. The Labute approximate surface area is 246 Å². The monoisotopic (exact) mass is 609 g/mol. The van der Waals surface area contributed by atoms with E-state index in [4.69, 9.17) is 9.47 Å². The number of hydrogen-bond donors (Lipinski definition) is 2. The van der Waals surface area contributed by atoms with Gasteiger partial charge < -0.3 is 14.8 Å². The Balaban J connectivity index is 1.46. The molecule has 2 N–H and O–H groups in total. The van der Waals surface area contributed by atoms with Crippen molar-refractivity contribution in [3.63, 3.8) is 0 Å². The number of ether oxygens (including phenoxy) is 2. The summed E-state index contributed by atoms with van der Waals surface area (Å²) in [4.78, 5) is 12.9. The second kappa shape index (κ2) is 12.5. The Kier molecular flexibility index (Phi) is 9.08. The van der Waals surface area contributed by atoms with Crippen LogP contribution in [0.1, 0.15) is 21.5 Å². The first-order chi connectivity index (χ1) is 19.9. The van der Waals surface area contributed by atoms with E-state index in [1.165, 1.54) is 61.0 Å². The number of rotatable bonds is 11. The topological polar surface area (TPSA) is 131 Å². The molecule has 12 heteroatoms. The Hall–Kier alpha value is -4.55. The molecule has 0 fully saturated rings. The molecule has 4 aromatic carbocycles. The minimum atomic E-state index is -3.97. The summed E-state index contributed by atoms with van der Waals surface area (Å²) in [7, 11) is -4.66. The number of hydrogen-bond acceptors (Lipinski definition) is 7. The van der Waals surface area contributed by atoms with Gasteiger partial charge in [0.2, 0.25) is 10.0 Å². The van der Waals surface area contributed by atoms with E-state index in [-0.39, 0.29) is 17.1 Å². The maximum absolute atomic E-state index is 13.0. The van der Waals surface area contributed by atoms with E-state index in [0.29, 0.717) is 28.4 Å². The average Bonchev–Trinajstić information content (AvgIpc) is 2.96. The first kappa shape index (κ1) is 30.4. The number of nitrogens with zero attached hydrogens (tertiary/aromatic N) is 1. The van der Waals surface area contributed by atoms with Gasteiger partial charge in [-0.3, -0.25) is 13.8 Å². The number of sulfonamides is 2. The summed E-state index contributed by atoms with van der Waals surface area (Å²) in [5.74, 6) is 0.334. The number of aryl methyl sites for hydroxylation is 1. The van der Waals surface area contributed by atoms with Crippen molar-refractivity contribution in [1.82, 2.24) is 0 Å². The Morgan fingerprint density at radius 2 is 1.50 bits per heavy atom. The first-order valence-electron chi connectivity index (χ1n) is 12.7. The third kappa shape index (κ3) is 7.20. The molecule has 0 radical (unpaired) electrons. The number of nitrogens with one attached hydrogen (secondary N) is 2. The quantitative estimate of drug-likeness (QED) is 0.244. The molecule has 0 bridgehead atoms. The van der Waals surface area contributed by atoms with E-state index >= 15 is 0 Å². The molecule has 0 aliphatic rings. The summed E-state index contributed by atoms with van der Waals surface area (Å²) in [6.07, 6.45) is 1.14. The van der Waals surface area contributed by atoms with E-state index < -0.39 is 26.0 Å². The molecule has 220 valence electrons. The van der Waals surface area contributed by atoms with Crippen LogP contribution in [-0.4, -0.2) is 43.2 Å². The largest absolute Gasteiger partial charge is 0.497 e. The van der Waals surface area contributed by atoms with Gasteiger partial charge in [-0.15, -0.1) is 0 Å². The molecular formula is C30H31N3O7S2. The van der Waals surface area contributed by atoms with Gasteiger partial charge in [-0.2, -0.15) is 0 Å². The molecule has 0 saturated carbocycles. The van der Waals surface area contributed by atoms with E-state index in [1.807, 2.05) is 31.2 Å². The molecule has 0 aliphatic carbocycles. The van der Waals surface area contributed by atoms with Gasteiger partial charge >= 0.3 is 0 Å². The highest BCUT2D eigenvalue weighted by Crippen LogP contribution is 2.31. The zero-order valence-electron chi connectivity index (χ0n) is 23.5. The normalized spacial score (nSPS) is 11.4. The number of amides is 1. The lowest BCUT2D eigenvalue weighted by atomic mass is 10.1. The van der Waals surface area contributed by atoms with Gasteiger partial charge in [-0.25, -0.2) is 16.8 Å². The van der Waals surface area contributed by atoms with Crippen LogP contribution in [0.4, 0.5) is 17.1 Å². The smallest absolute Gasteiger partial charge is 0.262 e. The molecule has 0 aromatic heterocycles. The maximum atomic E-state index is 13.0.